The van der Waals surface area contributed by atoms with Crippen molar-refractivity contribution in [3.05, 3.63) is 16.1 Å². The first kappa shape index (κ1) is 7.86. The Morgan fingerprint density at radius 3 is 3.25 bits per heavy atom. The van der Waals surface area contributed by atoms with Crippen molar-refractivity contribution < 1.29 is 9.47 Å². The molecule has 0 aliphatic carbocycles. The van der Waals surface area contributed by atoms with Crippen LogP contribution in [0.3, 0.4) is 0 Å². The van der Waals surface area contributed by atoms with E-state index < -0.39 is 0 Å². The summed E-state index contributed by atoms with van der Waals surface area (Å²) in [7, 11) is 1.59. The number of ether oxygens (including phenoxy) is 2. The van der Waals surface area contributed by atoms with Gasteiger partial charge < -0.3 is 9.47 Å². The van der Waals surface area contributed by atoms with Gasteiger partial charge in [0, 0.05) is 12.0 Å². The normalized spacial score (nSPS) is 13.8. The second kappa shape index (κ2) is 2.94. The maximum Gasteiger partial charge on any atom is 0.231 e. The first-order valence-electron chi connectivity index (χ1n) is 3.67. The molecule has 0 spiro atoms. The topological polar surface area (TPSA) is 31.4 Å². The molecule has 64 valence electrons. The molecular weight excluding hydrogens is 222 g/mol. The summed E-state index contributed by atoms with van der Waals surface area (Å²) in [5.74, 6) is 1.28. The molecule has 3 nitrogen and oxygen atoms in total. The summed E-state index contributed by atoms with van der Waals surface area (Å²) in [6.45, 7) is 0.724. The first-order valence-corrected chi connectivity index (χ1v) is 4.47. The van der Waals surface area contributed by atoms with Crippen LogP contribution in [0.4, 0.5) is 0 Å². The van der Waals surface area contributed by atoms with Crippen molar-refractivity contribution in [2.24, 2.45) is 0 Å². The van der Waals surface area contributed by atoms with Crippen molar-refractivity contribution in [2.45, 2.75) is 6.42 Å². The second-order valence-electron chi connectivity index (χ2n) is 2.54. The van der Waals surface area contributed by atoms with E-state index in [9.17, 15) is 0 Å². The zero-order chi connectivity index (χ0) is 8.55. The largest absolute Gasteiger partial charge is 0.480 e. The maximum atomic E-state index is 5.28. The van der Waals surface area contributed by atoms with Crippen molar-refractivity contribution in [1.29, 1.82) is 0 Å². The minimum atomic E-state index is 0.579. The summed E-state index contributed by atoms with van der Waals surface area (Å²) in [6, 6.07) is 1.99. The number of nitrogens with zero attached hydrogens (tertiary/aromatic N) is 1. The third kappa shape index (κ3) is 1.16. The van der Waals surface area contributed by atoms with E-state index >= 15 is 0 Å². The van der Waals surface area contributed by atoms with Crippen LogP contribution in [0.1, 0.15) is 5.56 Å². The average molecular weight is 230 g/mol. The number of hydrogen-bond donors (Lipinski definition) is 0. The van der Waals surface area contributed by atoms with Gasteiger partial charge in [-0.1, -0.05) is 0 Å². The molecule has 1 aliphatic rings. The van der Waals surface area contributed by atoms with Gasteiger partial charge in [-0.05, 0) is 22.0 Å². The van der Waals surface area contributed by atoms with E-state index in [1.165, 1.54) is 0 Å². The van der Waals surface area contributed by atoms with E-state index in [2.05, 4.69) is 20.9 Å². The third-order valence-electron chi connectivity index (χ3n) is 1.79. The minimum Gasteiger partial charge on any atom is -0.480 e. The van der Waals surface area contributed by atoms with Crippen LogP contribution in [0.25, 0.3) is 0 Å². The molecule has 12 heavy (non-hydrogen) atoms. The molecule has 0 aromatic carbocycles. The number of aromatic nitrogens is 1. The van der Waals surface area contributed by atoms with Crippen LogP contribution < -0.4 is 9.47 Å². The van der Waals surface area contributed by atoms with Crippen LogP contribution in [0.2, 0.25) is 0 Å². The van der Waals surface area contributed by atoms with E-state index in [-0.39, 0.29) is 0 Å². The predicted octanol–water partition coefficient (Wildman–Crippen LogP) is 1.79. The van der Waals surface area contributed by atoms with Gasteiger partial charge in [-0.2, -0.15) is 4.98 Å². The molecular formula is C8H8BrNO2. The number of halogens is 1. The maximum absolute atomic E-state index is 5.28. The van der Waals surface area contributed by atoms with Gasteiger partial charge in [-0.25, -0.2) is 0 Å². The molecule has 0 radical (unpaired) electrons. The average Bonchev–Trinajstić information content (AvgIpc) is 2.49. The first-order chi connectivity index (χ1) is 5.81. The van der Waals surface area contributed by atoms with Crippen molar-refractivity contribution in [3.8, 4) is 11.8 Å². The summed E-state index contributed by atoms with van der Waals surface area (Å²) in [5.41, 5.74) is 1.14. The number of hydrogen-bond acceptors (Lipinski definition) is 3. The zero-order valence-electron chi connectivity index (χ0n) is 6.63. The molecule has 4 heteroatoms. The van der Waals surface area contributed by atoms with Crippen LogP contribution in [-0.2, 0) is 6.42 Å². The molecule has 2 rings (SSSR count). The van der Waals surface area contributed by atoms with Gasteiger partial charge in [0.2, 0.25) is 11.8 Å². The summed E-state index contributed by atoms with van der Waals surface area (Å²) in [5, 5.41) is 0. The van der Waals surface area contributed by atoms with Crippen molar-refractivity contribution in [2.75, 3.05) is 13.7 Å². The Balaban J connectivity index is 2.49. The lowest BCUT2D eigenvalue weighted by atomic mass is 10.2. The molecule has 0 amide bonds. The Kier molecular flexibility index (Phi) is 1.92. The Morgan fingerprint density at radius 1 is 1.67 bits per heavy atom. The van der Waals surface area contributed by atoms with Crippen molar-refractivity contribution in [1.82, 2.24) is 4.98 Å². The van der Waals surface area contributed by atoms with Gasteiger partial charge in [0.25, 0.3) is 0 Å². The summed E-state index contributed by atoms with van der Waals surface area (Å²) >= 11 is 3.37. The Labute approximate surface area is 78.8 Å². The fourth-order valence-corrected chi connectivity index (χ4v) is 1.73. The van der Waals surface area contributed by atoms with E-state index in [1.54, 1.807) is 7.11 Å². The van der Waals surface area contributed by atoms with Gasteiger partial charge in [0.1, 0.15) is 0 Å². The molecule has 1 aromatic rings. The lowest BCUT2D eigenvalue weighted by molar-refractivity contribution is 0.332. The smallest absolute Gasteiger partial charge is 0.231 e. The quantitative estimate of drug-likeness (QED) is 0.736. The molecule has 0 bridgehead atoms. The van der Waals surface area contributed by atoms with Gasteiger partial charge in [0.15, 0.2) is 0 Å². The highest BCUT2D eigenvalue weighted by atomic mass is 79.9. The van der Waals surface area contributed by atoms with Gasteiger partial charge in [-0.3, -0.25) is 0 Å². The lowest BCUT2D eigenvalue weighted by Crippen LogP contribution is -1.92. The molecule has 0 saturated heterocycles. The lowest BCUT2D eigenvalue weighted by Gasteiger charge is -2.03. The molecule has 0 saturated carbocycles. The van der Waals surface area contributed by atoms with Crippen LogP contribution >= 0.6 is 15.9 Å². The number of fused-ring (bicyclic) bond motifs is 1. The molecule has 1 aromatic heterocycles. The molecule has 0 N–H and O–H groups in total. The zero-order valence-corrected chi connectivity index (χ0v) is 8.22. The monoisotopic (exact) mass is 229 g/mol. The van der Waals surface area contributed by atoms with Crippen LogP contribution in [0.15, 0.2) is 10.5 Å². The van der Waals surface area contributed by atoms with E-state index in [0.29, 0.717) is 11.8 Å². The fourth-order valence-electron chi connectivity index (χ4n) is 1.20. The molecule has 0 unspecified atom stereocenters. The third-order valence-corrected chi connectivity index (χ3v) is 2.35. The standard InChI is InChI=1S/C8H8BrNO2/c1-11-8-6(9)4-5-2-3-12-7(5)10-8/h4H,2-3H2,1H3. The Bertz CT molecular complexity index is 313. The van der Waals surface area contributed by atoms with Gasteiger partial charge in [-0.15, -0.1) is 0 Å². The predicted molar refractivity (Wildman–Crippen MR) is 47.7 cm³/mol. The fraction of sp³-hybridized carbons (Fsp3) is 0.375. The van der Waals surface area contributed by atoms with E-state index in [1.807, 2.05) is 6.07 Å². The number of rotatable bonds is 1. The molecule has 0 fully saturated rings. The van der Waals surface area contributed by atoms with E-state index in [4.69, 9.17) is 9.47 Å². The number of pyridine rings is 1. The minimum absolute atomic E-state index is 0.579. The summed E-state index contributed by atoms with van der Waals surface area (Å²) in [6.07, 6.45) is 0.935. The summed E-state index contributed by atoms with van der Waals surface area (Å²) in [4.78, 5) is 4.18. The number of methoxy groups -OCH3 is 1. The highest BCUT2D eigenvalue weighted by Gasteiger charge is 2.16. The van der Waals surface area contributed by atoms with E-state index in [0.717, 1.165) is 23.1 Å². The van der Waals surface area contributed by atoms with Crippen molar-refractivity contribution in [3.63, 3.8) is 0 Å². The SMILES string of the molecule is COc1nc2c(cc1Br)CCO2. The Morgan fingerprint density at radius 2 is 2.50 bits per heavy atom. The molecule has 2 heterocycles. The molecule has 1 aliphatic heterocycles. The molecule has 0 atom stereocenters. The van der Waals surface area contributed by atoms with Crippen LogP contribution in [0.5, 0.6) is 11.8 Å². The van der Waals surface area contributed by atoms with Crippen LogP contribution in [0, 0.1) is 0 Å². The van der Waals surface area contributed by atoms with Gasteiger partial charge >= 0.3 is 0 Å². The Hall–Kier alpha value is -0.770. The van der Waals surface area contributed by atoms with Crippen molar-refractivity contribution >= 4 is 15.9 Å². The highest BCUT2D eigenvalue weighted by Crippen LogP contribution is 2.31. The van der Waals surface area contributed by atoms with Gasteiger partial charge in [0.05, 0.1) is 18.2 Å². The summed E-state index contributed by atoms with van der Waals surface area (Å²) < 4.78 is 11.2. The second-order valence-corrected chi connectivity index (χ2v) is 3.40. The van der Waals surface area contributed by atoms with Crippen LogP contribution in [-0.4, -0.2) is 18.7 Å². The highest BCUT2D eigenvalue weighted by molar-refractivity contribution is 9.10.